The molecule has 5 nitrogen and oxygen atoms in total. The second kappa shape index (κ2) is 7.90. The first-order valence-corrected chi connectivity index (χ1v) is 10.6. The molecule has 1 aliphatic heterocycles. The number of hydrogen-bond donors (Lipinski definition) is 0. The van der Waals surface area contributed by atoms with E-state index in [1.807, 2.05) is 36.2 Å². The average molecular weight is 380 g/mol. The Kier molecular flexibility index (Phi) is 5.33. The van der Waals surface area contributed by atoms with Gasteiger partial charge in [-0.2, -0.15) is 0 Å². The summed E-state index contributed by atoms with van der Waals surface area (Å²) in [7, 11) is 1.86. The molecule has 1 aromatic heterocycles. The van der Waals surface area contributed by atoms with Crippen molar-refractivity contribution in [2.45, 2.75) is 64.5 Å². The Hall–Kier alpha value is -2.43. The molecule has 0 saturated heterocycles. The lowest BCUT2D eigenvalue weighted by molar-refractivity contribution is 0.0653. The van der Waals surface area contributed by atoms with Crippen molar-refractivity contribution < 1.29 is 9.59 Å². The highest BCUT2D eigenvalue weighted by Gasteiger charge is 2.38. The number of para-hydroxylation sites is 1. The van der Waals surface area contributed by atoms with E-state index in [0.29, 0.717) is 17.8 Å². The summed E-state index contributed by atoms with van der Waals surface area (Å²) in [6.45, 7) is 3.36. The molecule has 28 heavy (non-hydrogen) atoms. The molecule has 1 aromatic carbocycles. The lowest BCUT2D eigenvalue weighted by atomic mass is 9.94. The van der Waals surface area contributed by atoms with Gasteiger partial charge < -0.3 is 9.80 Å². The largest absolute Gasteiger partial charge is 0.342 e. The normalized spacial score (nSPS) is 17.2. The van der Waals surface area contributed by atoms with Crippen LogP contribution in [-0.2, 0) is 6.54 Å². The van der Waals surface area contributed by atoms with Gasteiger partial charge >= 0.3 is 0 Å². The second-order valence-electron chi connectivity index (χ2n) is 8.14. The lowest BCUT2D eigenvalue weighted by Gasteiger charge is -2.30. The topological polar surface area (TPSA) is 53.5 Å². The molecule has 5 heteroatoms. The number of fused-ring (bicyclic) bond motifs is 2. The fourth-order valence-electron chi connectivity index (χ4n) is 4.58. The molecular weight excluding hydrogens is 350 g/mol. The van der Waals surface area contributed by atoms with Crippen molar-refractivity contribution in [3.8, 4) is 0 Å². The van der Waals surface area contributed by atoms with Crippen LogP contribution in [0.2, 0.25) is 0 Å². The van der Waals surface area contributed by atoms with Crippen molar-refractivity contribution >= 4 is 22.7 Å². The monoisotopic (exact) mass is 379 g/mol. The Morgan fingerprint density at radius 2 is 1.96 bits per heavy atom. The van der Waals surface area contributed by atoms with Crippen molar-refractivity contribution in [3.05, 3.63) is 41.1 Å². The molecular formula is C23H29N3O2. The molecule has 2 heterocycles. The molecule has 2 aliphatic rings. The van der Waals surface area contributed by atoms with Gasteiger partial charge in [-0.05, 0) is 25.3 Å². The molecule has 1 saturated carbocycles. The quantitative estimate of drug-likeness (QED) is 0.774. The molecule has 0 bridgehead atoms. The predicted octanol–water partition coefficient (Wildman–Crippen LogP) is 4.40. The molecule has 148 valence electrons. The first-order valence-electron chi connectivity index (χ1n) is 10.6. The molecule has 2 amide bonds. The van der Waals surface area contributed by atoms with E-state index in [2.05, 4.69) is 11.9 Å². The van der Waals surface area contributed by atoms with Crippen LogP contribution in [0.4, 0.5) is 0 Å². The minimum atomic E-state index is -0.00193. The summed E-state index contributed by atoms with van der Waals surface area (Å²) >= 11 is 0. The minimum absolute atomic E-state index is 0.00148. The summed E-state index contributed by atoms with van der Waals surface area (Å²) in [5.74, 6) is -0.000455. The van der Waals surface area contributed by atoms with E-state index in [1.165, 1.54) is 19.3 Å². The van der Waals surface area contributed by atoms with Crippen LogP contribution in [0.25, 0.3) is 10.9 Å². The Morgan fingerprint density at radius 3 is 2.71 bits per heavy atom. The van der Waals surface area contributed by atoms with Gasteiger partial charge in [0.15, 0.2) is 0 Å². The predicted molar refractivity (Wildman–Crippen MR) is 110 cm³/mol. The second-order valence-corrected chi connectivity index (χ2v) is 8.14. The summed E-state index contributed by atoms with van der Waals surface area (Å²) in [6, 6.07) is 7.98. The molecule has 0 spiro atoms. The van der Waals surface area contributed by atoms with Crippen LogP contribution >= 0.6 is 0 Å². The zero-order valence-electron chi connectivity index (χ0n) is 16.9. The van der Waals surface area contributed by atoms with Crippen LogP contribution in [0.3, 0.4) is 0 Å². The lowest BCUT2D eigenvalue weighted by Crippen LogP contribution is -2.37. The van der Waals surface area contributed by atoms with E-state index in [9.17, 15) is 9.59 Å². The SMILES string of the molecule is CCCCN(C)C(=O)c1c2c(nc3ccccc13)C(=O)N(C1CCCCC1)C2. The number of amides is 2. The van der Waals surface area contributed by atoms with Crippen LogP contribution in [0.5, 0.6) is 0 Å². The Bertz CT molecular complexity index is 902. The van der Waals surface area contributed by atoms with Gasteiger partial charge in [-0.15, -0.1) is 0 Å². The highest BCUT2D eigenvalue weighted by molar-refractivity contribution is 6.11. The zero-order chi connectivity index (χ0) is 19.7. The maximum atomic E-state index is 13.4. The van der Waals surface area contributed by atoms with Crippen LogP contribution in [0.15, 0.2) is 24.3 Å². The van der Waals surface area contributed by atoms with E-state index in [0.717, 1.165) is 48.7 Å². The maximum absolute atomic E-state index is 13.4. The highest BCUT2D eigenvalue weighted by atomic mass is 16.2. The summed E-state index contributed by atoms with van der Waals surface area (Å²) in [6.07, 6.45) is 7.72. The summed E-state index contributed by atoms with van der Waals surface area (Å²) in [5, 5.41) is 0.855. The van der Waals surface area contributed by atoms with Gasteiger partial charge in [-0.3, -0.25) is 9.59 Å². The number of benzene rings is 1. The Balaban J connectivity index is 1.78. The Morgan fingerprint density at radius 1 is 1.21 bits per heavy atom. The summed E-state index contributed by atoms with van der Waals surface area (Å²) in [5.41, 5.74) is 2.71. The number of carbonyl (C=O) groups excluding carboxylic acids is 2. The number of unbranched alkanes of at least 4 members (excludes halogenated alkanes) is 1. The molecule has 0 radical (unpaired) electrons. The standard InChI is InChI=1S/C23H29N3O2/c1-3-4-14-25(2)22(27)20-17-12-8-9-13-19(17)24-21-18(20)15-26(23(21)28)16-10-6-5-7-11-16/h8-9,12-13,16H,3-7,10-11,14-15H2,1-2H3. The molecule has 0 atom stereocenters. The van der Waals surface area contributed by atoms with E-state index < -0.39 is 0 Å². The van der Waals surface area contributed by atoms with Gasteiger partial charge in [0.25, 0.3) is 11.8 Å². The van der Waals surface area contributed by atoms with Crippen LogP contribution < -0.4 is 0 Å². The van der Waals surface area contributed by atoms with Crippen molar-refractivity contribution in [3.63, 3.8) is 0 Å². The van der Waals surface area contributed by atoms with Crippen LogP contribution in [0.1, 0.15) is 78.3 Å². The number of nitrogens with zero attached hydrogens (tertiary/aromatic N) is 3. The molecule has 0 N–H and O–H groups in total. The van der Waals surface area contributed by atoms with Crippen molar-refractivity contribution in [1.29, 1.82) is 0 Å². The molecule has 0 unspecified atom stereocenters. The first-order chi connectivity index (χ1) is 13.6. The van der Waals surface area contributed by atoms with Crippen LogP contribution in [-0.4, -0.2) is 46.2 Å². The molecule has 1 fully saturated rings. The fraction of sp³-hybridized carbons (Fsp3) is 0.522. The number of hydrogen-bond acceptors (Lipinski definition) is 3. The maximum Gasteiger partial charge on any atom is 0.273 e. The van der Waals surface area contributed by atoms with Gasteiger partial charge in [0.1, 0.15) is 5.69 Å². The number of pyridine rings is 1. The third-order valence-corrected chi connectivity index (χ3v) is 6.21. The van der Waals surface area contributed by atoms with Crippen molar-refractivity contribution in [2.24, 2.45) is 0 Å². The molecule has 1 aliphatic carbocycles. The number of aromatic nitrogens is 1. The third-order valence-electron chi connectivity index (χ3n) is 6.21. The number of rotatable bonds is 5. The van der Waals surface area contributed by atoms with Gasteiger partial charge in [0, 0.05) is 37.1 Å². The van der Waals surface area contributed by atoms with Gasteiger partial charge in [0.05, 0.1) is 11.1 Å². The average Bonchev–Trinajstić information content (AvgIpc) is 3.06. The van der Waals surface area contributed by atoms with Gasteiger partial charge in [0.2, 0.25) is 0 Å². The third kappa shape index (κ3) is 3.27. The zero-order valence-corrected chi connectivity index (χ0v) is 16.9. The highest BCUT2D eigenvalue weighted by Crippen LogP contribution is 2.35. The minimum Gasteiger partial charge on any atom is -0.342 e. The summed E-state index contributed by atoms with van der Waals surface area (Å²) in [4.78, 5) is 35.0. The molecule has 2 aromatic rings. The smallest absolute Gasteiger partial charge is 0.273 e. The summed E-state index contributed by atoms with van der Waals surface area (Å²) < 4.78 is 0. The van der Waals surface area contributed by atoms with Crippen LogP contribution in [0, 0.1) is 0 Å². The Labute approximate surface area is 166 Å². The van der Waals surface area contributed by atoms with E-state index >= 15 is 0 Å². The molecule has 4 rings (SSSR count). The number of carbonyl (C=O) groups is 2. The van der Waals surface area contributed by atoms with E-state index in [4.69, 9.17) is 0 Å². The van der Waals surface area contributed by atoms with Gasteiger partial charge in [-0.25, -0.2) is 4.98 Å². The van der Waals surface area contributed by atoms with E-state index in [1.54, 1.807) is 4.90 Å². The first kappa shape index (κ1) is 18.9. The fourth-order valence-corrected chi connectivity index (χ4v) is 4.58. The van der Waals surface area contributed by atoms with Gasteiger partial charge in [-0.1, -0.05) is 50.8 Å². The van der Waals surface area contributed by atoms with E-state index in [-0.39, 0.29) is 17.9 Å². The van der Waals surface area contributed by atoms with Crippen molar-refractivity contribution in [1.82, 2.24) is 14.8 Å². The van der Waals surface area contributed by atoms with Crippen molar-refractivity contribution in [2.75, 3.05) is 13.6 Å².